The summed E-state index contributed by atoms with van der Waals surface area (Å²) in [6, 6.07) is 16.4. The predicted molar refractivity (Wildman–Crippen MR) is 88.6 cm³/mol. The van der Waals surface area contributed by atoms with Gasteiger partial charge in [-0.15, -0.1) is 0 Å². The molecule has 2 heterocycles. The molecule has 0 saturated heterocycles. The molecule has 0 fully saturated rings. The van der Waals surface area contributed by atoms with Gasteiger partial charge in [0, 0.05) is 24.2 Å². The Bertz CT molecular complexity index is 1020. The molecule has 0 saturated carbocycles. The van der Waals surface area contributed by atoms with Crippen molar-refractivity contribution in [3.63, 3.8) is 0 Å². The summed E-state index contributed by atoms with van der Waals surface area (Å²) in [6.45, 7) is 1.78. The van der Waals surface area contributed by atoms with Crippen LogP contribution >= 0.6 is 0 Å². The maximum absolute atomic E-state index is 12.3. The van der Waals surface area contributed by atoms with Gasteiger partial charge >= 0.3 is 0 Å². The third-order valence-corrected chi connectivity index (χ3v) is 3.55. The molecule has 0 radical (unpaired) electrons. The molecule has 4 rings (SSSR count). The van der Waals surface area contributed by atoms with E-state index in [0.29, 0.717) is 28.4 Å². The van der Waals surface area contributed by atoms with Crippen molar-refractivity contribution in [2.75, 3.05) is 5.32 Å². The molecule has 118 valence electrons. The van der Waals surface area contributed by atoms with E-state index in [-0.39, 0.29) is 11.6 Å². The van der Waals surface area contributed by atoms with E-state index in [1.165, 1.54) is 0 Å². The minimum atomic E-state index is -0.347. The molecule has 0 aliphatic carbocycles. The number of benzene rings is 2. The summed E-state index contributed by atoms with van der Waals surface area (Å²) < 4.78 is 10.7. The second-order valence-corrected chi connectivity index (χ2v) is 5.31. The first-order chi connectivity index (χ1) is 11.7. The second-order valence-electron chi connectivity index (χ2n) is 5.31. The molecule has 1 amide bonds. The summed E-state index contributed by atoms with van der Waals surface area (Å²) >= 11 is 0. The number of carbonyl (C=O) groups is 1. The summed E-state index contributed by atoms with van der Waals surface area (Å²) in [7, 11) is 0. The third kappa shape index (κ3) is 2.65. The molecule has 0 aliphatic rings. The molecular weight excluding hydrogens is 306 g/mol. The summed E-state index contributed by atoms with van der Waals surface area (Å²) in [5.41, 5.74) is 3.06. The van der Waals surface area contributed by atoms with E-state index in [4.69, 9.17) is 8.94 Å². The lowest BCUT2D eigenvalue weighted by molar-refractivity contribution is 0.101. The van der Waals surface area contributed by atoms with Gasteiger partial charge in [0.25, 0.3) is 5.91 Å². The minimum absolute atomic E-state index is 0.213. The van der Waals surface area contributed by atoms with Gasteiger partial charge in [0.2, 0.25) is 0 Å². The summed E-state index contributed by atoms with van der Waals surface area (Å²) in [6.07, 6.45) is 0. The first-order valence-electron chi connectivity index (χ1n) is 7.40. The average Bonchev–Trinajstić information content (AvgIpc) is 3.21. The number of hydrogen-bond donors (Lipinski definition) is 1. The molecule has 1 N–H and O–H groups in total. The Morgan fingerprint density at radius 3 is 2.75 bits per heavy atom. The Hall–Kier alpha value is -3.41. The fraction of sp³-hybridized carbons (Fsp3) is 0.0556. The van der Waals surface area contributed by atoms with Crippen LogP contribution in [-0.4, -0.2) is 16.0 Å². The van der Waals surface area contributed by atoms with Crippen molar-refractivity contribution in [1.29, 1.82) is 0 Å². The van der Waals surface area contributed by atoms with Crippen molar-refractivity contribution >= 4 is 22.7 Å². The van der Waals surface area contributed by atoms with Crippen LogP contribution in [0.15, 0.2) is 63.5 Å². The van der Waals surface area contributed by atoms with Crippen molar-refractivity contribution in [2.24, 2.45) is 0 Å². The van der Waals surface area contributed by atoms with Crippen molar-refractivity contribution < 1.29 is 13.7 Å². The fourth-order valence-electron chi connectivity index (χ4n) is 2.44. The third-order valence-electron chi connectivity index (χ3n) is 3.55. The predicted octanol–water partition coefficient (Wildman–Crippen LogP) is 4.04. The molecule has 4 aromatic rings. The summed E-state index contributed by atoms with van der Waals surface area (Å²) in [5.74, 6) is 0.779. The van der Waals surface area contributed by atoms with Crippen LogP contribution in [0.1, 0.15) is 16.4 Å². The van der Waals surface area contributed by atoms with E-state index in [2.05, 4.69) is 15.5 Å². The zero-order valence-electron chi connectivity index (χ0n) is 12.8. The maximum Gasteiger partial charge on any atom is 0.277 e. The second kappa shape index (κ2) is 5.66. The number of aromatic nitrogens is 2. The Morgan fingerprint density at radius 1 is 1.08 bits per heavy atom. The van der Waals surface area contributed by atoms with Crippen LogP contribution in [0.25, 0.3) is 22.4 Å². The van der Waals surface area contributed by atoms with E-state index in [0.717, 1.165) is 5.56 Å². The number of aryl methyl sites for hydroxylation is 1. The fourth-order valence-corrected chi connectivity index (χ4v) is 2.44. The molecule has 6 heteroatoms. The smallest absolute Gasteiger partial charge is 0.277 e. The average molecular weight is 319 g/mol. The monoisotopic (exact) mass is 319 g/mol. The number of oxazole rings is 1. The Morgan fingerprint density at radius 2 is 1.92 bits per heavy atom. The van der Waals surface area contributed by atoms with Gasteiger partial charge in [0.1, 0.15) is 5.52 Å². The molecule has 0 spiro atoms. The number of hydrogen-bond acceptors (Lipinski definition) is 5. The van der Waals surface area contributed by atoms with Crippen LogP contribution in [0.2, 0.25) is 0 Å². The van der Waals surface area contributed by atoms with Gasteiger partial charge in [-0.25, -0.2) is 4.98 Å². The molecule has 0 bridgehead atoms. The molecular formula is C18H13N3O3. The SMILES string of the molecule is Cc1nc2cc(NC(=O)c3cc(-c4ccccc4)on3)ccc2o1. The van der Waals surface area contributed by atoms with E-state index in [1.807, 2.05) is 30.3 Å². The lowest BCUT2D eigenvalue weighted by atomic mass is 10.1. The number of nitrogens with zero attached hydrogens (tertiary/aromatic N) is 2. The van der Waals surface area contributed by atoms with Crippen LogP contribution < -0.4 is 5.32 Å². The van der Waals surface area contributed by atoms with Gasteiger partial charge in [0.15, 0.2) is 22.9 Å². The van der Waals surface area contributed by atoms with Gasteiger partial charge in [-0.3, -0.25) is 4.79 Å². The number of nitrogens with one attached hydrogen (secondary N) is 1. The van der Waals surface area contributed by atoms with E-state index in [9.17, 15) is 4.79 Å². The zero-order valence-corrected chi connectivity index (χ0v) is 12.8. The number of anilines is 1. The van der Waals surface area contributed by atoms with Gasteiger partial charge in [0.05, 0.1) is 0 Å². The highest BCUT2D eigenvalue weighted by Gasteiger charge is 2.14. The topological polar surface area (TPSA) is 81.2 Å². The molecule has 0 atom stereocenters. The quantitative estimate of drug-likeness (QED) is 0.616. The minimum Gasteiger partial charge on any atom is -0.441 e. The molecule has 0 unspecified atom stereocenters. The van der Waals surface area contributed by atoms with E-state index in [1.54, 1.807) is 31.2 Å². The van der Waals surface area contributed by atoms with Crippen LogP contribution in [0.4, 0.5) is 5.69 Å². The van der Waals surface area contributed by atoms with Crippen LogP contribution in [-0.2, 0) is 0 Å². The Labute approximate surface area is 137 Å². The summed E-state index contributed by atoms with van der Waals surface area (Å²) in [4.78, 5) is 16.6. The number of rotatable bonds is 3. The van der Waals surface area contributed by atoms with Crippen LogP contribution in [0, 0.1) is 6.92 Å². The highest BCUT2D eigenvalue weighted by molar-refractivity contribution is 6.04. The first-order valence-corrected chi connectivity index (χ1v) is 7.40. The molecule has 24 heavy (non-hydrogen) atoms. The lowest BCUT2D eigenvalue weighted by Gasteiger charge is -2.01. The Balaban J connectivity index is 1.56. The standard InChI is InChI=1S/C18H13N3O3/c1-11-19-14-9-13(7-8-16(14)23-11)20-18(22)15-10-17(24-21-15)12-5-3-2-4-6-12/h2-10H,1H3,(H,20,22). The Kier molecular flexibility index (Phi) is 3.35. The van der Waals surface area contributed by atoms with Crippen molar-refractivity contribution in [3.05, 3.63) is 66.2 Å². The molecule has 2 aromatic carbocycles. The van der Waals surface area contributed by atoms with Crippen molar-refractivity contribution in [2.45, 2.75) is 6.92 Å². The number of fused-ring (bicyclic) bond motifs is 1. The first kappa shape index (κ1) is 14.2. The zero-order chi connectivity index (χ0) is 16.5. The van der Waals surface area contributed by atoms with Gasteiger partial charge in [-0.1, -0.05) is 35.5 Å². The largest absolute Gasteiger partial charge is 0.441 e. The maximum atomic E-state index is 12.3. The molecule has 2 aromatic heterocycles. The van der Waals surface area contributed by atoms with E-state index < -0.39 is 0 Å². The highest BCUT2D eigenvalue weighted by Crippen LogP contribution is 2.22. The van der Waals surface area contributed by atoms with Gasteiger partial charge in [-0.05, 0) is 18.2 Å². The normalized spacial score (nSPS) is 10.9. The lowest BCUT2D eigenvalue weighted by Crippen LogP contribution is -2.11. The van der Waals surface area contributed by atoms with Crippen molar-refractivity contribution in [1.82, 2.24) is 10.1 Å². The van der Waals surface area contributed by atoms with E-state index >= 15 is 0 Å². The summed E-state index contributed by atoms with van der Waals surface area (Å²) in [5, 5.41) is 6.62. The van der Waals surface area contributed by atoms with Crippen molar-refractivity contribution in [3.8, 4) is 11.3 Å². The van der Waals surface area contributed by atoms with Gasteiger partial charge < -0.3 is 14.3 Å². The number of carbonyl (C=O) groups excluding carboxylic acids is 1. The highest BCUT2D eigenvalue weighted by atomic mass is 16.5. The molecule has 0 aliphatic heterocycles. The number of amides is 1. The van der Waals surface area contributed by atoms with Crippen LogP contribution in [0.3, 0.4) is 0 Å². The molecule has 6 nitrogen and oxygen atoms in total. The van der Waals surface area contributed by atoms with Gasteiger partial charge in [-0.2, -0.15) is 0 Å². The van der Waals surface area contributed by atoms with Crippen LogP contribution in [0.5, 0.6) is 0 Å².